The first kappa shape index (κ1) is 24.3. The van der Waals surface area contributed by atoms with Gasteiger partial charge in [-0.05, 0) is 61.6 Å². The van der Waals surface area contributed by atoms with Crippen molar-refractivity contribution in [2.45, 2.75) is 30.3 Å². The monoisotopic (exact) mass is 484 g/mol. The molecule has 1 aliphatic rings. The first-order valence-electron chi connectivity index (χ1n) is 11.4. The zero-order valence-corrected chi connectivity index (χ0v) is 20.0. The standard InChI is InChI=1S/C25H29FN4O3S/c1-33-18-3-5-24-21(12-18)20(6-8-29-24)23(26)4-2-17-7-9-30(15-22(17)25(31)32)10-11-34-19-13-27-16-28-14-19/h3,5-6,8,12-14,16-17,22-23H,2,4,7,9-11,15H2,1H3,(H,31,32)/t17-,22+,23+/m1/s1. The molecular formula is C25H29FN4O3S. The number of nitrogens with zero attached hydrogens (tertiary/aromatic N) is 4. The van der Waals surface area contributed by atoms with Gasteiger partial charge in [-0.1, -0.05) is 0 Å². The van der Waals surface area contributed by atoms with Gasteiger partial charge in [-0.3, -0.25) is 9.78 Å². The number of halogens is 1. The van der Waals surface area contributed by atoms with Gasteiger partial charge >= 0.3 is 5.97 Å². The lowest BCUT2D eigenvalue weighted by Crippen LogP contribution is -2.44. The molecule has 3 heterocycles. The molecule has 0 saturated carbocycles. The van der Waals surface area contributed by atoms with Gasteiger partial charge in [0.1, 0.15) is 18.2 Å². The van der Waals surface area contributed by atoms with E-state index in [2.05, 4.69) is 19.9 Å². The smallest absolute Gasteiger partial charge is 0.308 e. The van der Waals surface area contributed by atoms with Crippen molar-refractivity contribution >= 4 is 28.6 Å². The van der Waals surface area contributed by atoms with Gasteiger partial charge in [-0.15, -0.1) is 11.8 Å². The summed E-state index contributed by atoms with van der Waals surface area (Å²) in [6, 6.07) is 7.15. The van der Waals surface area contributed by atoms with E-state index in [-0.39, 0.29) is 12.3 Å². The van der Waals surface area contributed by atoms with Crippen molar-refractivity contribution in [2.24, 2.45) is 11.8 Å². The Morgan fingerprint density at radius 1 is 1.32 bits per heavy atom. The molecule has 0 unspecified atom stereocenters. The van der Waals surface area contributed by atoms with Gasteiger partial charge in [0.05, 0.1) is 18.5 Å². The molecule has 7 nitrogen and oxygen atoms in total. The number of alkyl halides is 1. The van der Waals surface area contributed by atoms with E-state index in [0.29, 0.717) is 24.3 Å². The molecule has 0 spiro atoms. The van der Waals surface area contributed by atoms with E-state index >= 15 is 4.39 Å². The molecule has 2 aromatic heterocycles. The van der Waals surface area contributed by atoms with Crippen molar-refractivity contribution < 1.29 is 19.0 Å². The molecule has 1 aromatic carbocycles. The minimum Gasteiger partial charge on any atom is -0.497 e. The maximum Gasteiger partial charge on any atom is 0.308 e. The van der Waals surface area contributed by atoms with Crippen LogP contribution in [0.1, 0.15) is 31.0 Å². The van der Waals surface area contributed by atoms with Gasteiger partial charge < -0.3 is 14.7 Å². The quantitative estimate of drug-likeness (QED) is 0.417. The molecule has 0 radical (unpaired) electrons. The number of aromatic nitrogens is 3. The van der Waals surface area contributed by atoms with Crippen LogP contribution in [0.3, 0.4) is 0 Å². The first-order chi connectivity index (χ1) is 16.5. The molecule has 34 heavy (non-hydrogen) atoms. The third-order valence-electron chi connectivity index (χ3n) is 6.48. The molecule has 0 aliphatic carbocycles. The Kier molecular flexibility index (Phi) is 8.29. The van der Waals surface area contributed by atoms with E-state index in [0.717, 1.165) is 41.1 Å². The summed E-state index contributed by atoms with van der Waals surface area (Å²) in [6.07, 6.45) is 7.07. The average molecular weight is 485 g/mol. The number of fused-ring (bicyclic) bond motifs is 1. The van der Waals surface area contributed by atoms with Crippen molar-refractivity contribution in [3.05, 3.63) is 54.7 Å². The summed E-state index contributed by atoms with van der Waals surface area (Å²) in [4.78, 5) is 27.5. The third-order valence-corrected chi connectivity index (χ3v) is 7.41. The van der Waals surface area contributed by atoms with Crippen molar-refractivity contribution in [3.8, 4) is 5.75 Å². The molecule has 1 aliphatic heterocycles. The lowest BCUT2D eigenvalue weighted by atomic mass is 9.81. The van der Waals surface area contributed by atoms with Gasteiger partial charge in [-0.25, -0.2) is 14.4 Å². The number of thioether (sulfide) groups is 1. The zero-order valence-electron chi connectivity index (χ0n) is 19.1. The Bertz CT molecular complexity index is 1100. The van der Waals surface area contributed by atoms with E-state index in [1.54, 1.807) is 43.5 Å². The minimum absolute atomic E-state index is 0.0372. The van der Waals surface area contributed by atoms with Crippen LogP contribution < -0.4 is 4.74 Å². The number of carboxylic acid groups (broad SMARTS) is 1. The maximum atomic E-state index is 15.3. The Morgan fingerprint density at radius 3 is 2.91 bits per heavy atom. The summed E-state index contributed by atoms with van der Waals surface area (Å²) in [7, 11) is 1.58. The van der Waals surface area contributed by atoms with E-state index in [4.69, 9.17) is 4.74 Å². The number of likely N-dealkylation sites (tertiary alicyclic amines) is 1. The molecular weight excluding hydrogens is 455 g/mol. The first-order valence-corrected chi connectivity index (χ1v) is 12.4. The molecule has 9 heteroatoms. The normalized spacial score (nSPS) is 19.7. The average Bonchev–Trinajstić information content (AvgIpc) is 2.87. The molecule has 1 N–H and O–H groups in total. The van der Waals surface area contributed by atoms with Crippen LogP contribution in [0, 0.1) is 11.8 Å². The highest BCUT2D eigenvalue weighted by Gasteiger charge is 2.34. The number of aliphatic carboxylic acids is 1. The number of carbonyl (C=O) groups is 1. The predicted molar refractivity (Wildman–Crippen MR) is 130 cm³/mol. The van der Waals surface area contributed by atoms with E-state index in [9.17, 15) is 9.90 Å². The number of hydrogen-bond donors (Lipinski definition) is 1. The van der Waals surface area contributed by atoms with Crippen LogP contribution in [0.15, 0.2) is 54.1 Å². The fraction of sp³-hybridized carbons (Fsp3) is 0.440. The maximum absolute atomic E-state index is 15.3. The second kappa shape index (κ2) is 11.6. The molecule has 4 rings (SSSR count). The predicted octanol–water partition coefficient (Wildman–Crippen LogP) is 4.64. The molecule has 0 amide bonds. The highest BCUT2D eigenvalue weighted by atomic mass is 32.2. The summed E-state index contributed by atoms with van der Waals surface area (Å²) >= 11 is 1.66. The van der Waals surface area contributed by atoms with Crippen molar-refractivity contribution in [3.63, 3.8) is 0 Å². The van der Waals surface area contributed by atoms with Crippen LogP contribution in [0.25, 0.3) is 10.9 Å². The van der Waals surface area contributed by atoms with Crippen LogP contribution in [0.2, 0.25) is 0 Å². The highest BCUT2D eigenvalue weighted by molar-refractivity contribution is 7.99. The van der Waals surface area contributed by atoms with Gasteiger partial charge in [0, 0.05) is 47.7 Å². The summed E-state index contributed by atoms with van der Waals surface area (Å²) in [5.41, 5.74) is 1.30. The largest absolute Gasteiger partial charge is 0.497 e. The third kappa shape index (κ3) is 6.01. The Morgan fingerprint density at radius 2 is 2.15 bits per heavy atom. The van der Waals surface area contributed by atoms with Gasteiger partial charge in [-0.2, -0.15) is 0 Å². The van der Waals surface area contributed by atoms with Gasteiger partial charge in [0.15, 0.2) is 0 Å². The Labute approximate surface area is 202 Å². The fourth-order valence-corrected chi connectivity index (χ4v) is 5.47. The Hall–Kier alpha value is -2.78. The zero-order chi connectivity index (χ0) is 23.9. The fourth-order valence-electron chi connectivity index (χ4n) is 4.61. The highest BCUT2D eigenvalue weighted by Crippen LogP contribution is 2.35. The lowest BCUT2D eigenvalue weighted by Gasteiger charge is -2.36. The minimum atomic E-state index is -1.19. The SMILES string of the molecule is COc1ccc2nccc([C@@H](F)CC[C@@H]3CCN(CCSc4cncnc4)C[C@@H]3C(=O)O)c2c1. The van der Waals surface area contributed by atoms with Gasteiger partial charge in [0.2, 0.25) is 0 Å². The number of methoxy groups -OCH3 is 1. The molecule has 3 aromatic rings. The molecule has 0 bridgehead atoms. The van der Waals surface area contributed by atoms with Crippen LogP contribution in [0.5, 0.6) is 5.75 Å². The number of ether oxygens (including phenoxy) is 1. The van der Waals surface area contributed by atoms with E-state index in [1.807, 2.05) is 18.2 Å². The second-order valence-corrected chi connectivity index (χ2v) is 9.71. The molecule has 180 valence electrons. The van der Waals surface area contributed by atoms with Crippen LogP contribution in [0.4, 0.5) is 4.39 Å². The van der Waals surface area contributed by atoms with Crippen LogP contribution in [-0.2, 0) is 4.79 Å². The summed E-state index contributed by atoms with van der Waals surface area (Å²) in [5.74, 6) is 0.179. The second-order valence-electron chi connectivity index (χ2n) is 8.54. The molecule has 3 atom stereocenters. The lowest BCUT2D eigenvalue weighted by molar-refractivity contribution is -0.146. The Balaban J connectivity index is 1.34. The van der Waals surface area contributed by atoms with Crippen molar-refractivity contribution in [1.82, 2.24) is 19.9 Å². The van der Waals surface area contributed by atoms with Gasteiger partial charge in [0.25, 0.3) is 0 Å². The van der Waals surface area contributed by atoms with E-state index < -0.39 is 18.1 Å². The number of hydrogen-bond acceptors (Lipinski definition) is 7. The summed E-state index contributed by atoms with van der Waals surface area (Å²) < 4.78 is 20.6. The topological polar surface area (TPSA) is 88.4 Å². The molecule has 1 fully saturated rings. The number of rotatable bonds is 10. The molecule has 1 saturated heterocycles. The van der Waals surface area contributed by atoms with Crippen LogP contribution in [-0.4, -0.2) is 63.4 Å². The van der Waals surface area contributed by atoms with Crippen molar-refractivity contribution in [2.75, 3.05) is 32.5 Å². The van der Waals surface area contributed by atoms with Crippen molar-refractivity contribution in [1.29, 1.82) is 0 Å². The number of carboxylic acids is 1. The van der Waals surface area contributed by atoms with Crippen LogP contribution >= 0.6 is 11.8 Å². The number of pyridine rings is 1. The summed E-state index contributed by atoms with van der Waals surface area (Å²) in [6.45, 7) is 2.12. The van der Waals surface area contributed by atoms with E-state index in [1.165, 1.54) is 6.33 Å². The number of benzene rings is 1. The summed E-state index contributed by atoms with van der Waals surface area (Å²) in [5, 5.41) is 10.6. The number of piperidine rings is 1.